The Morgan fingerprint density at radius 2 is 2.10 bits per heavy atom. The van der Waals surface area contributed by atoms with Gasteiger partial charge in [-0.2, -0.15) is 10.2 Å². The van der Waals surface area contributed by atoms with Crippen LogP contribution in [0.3, 0.4) is 0 Å². The van der Waals surface area contributed by atoms with Gasteiger partial charge in [0.15, 0.2) is 5.82 Å². The second-order valence-corrected chi connectivity index (χ2v) is 5.60. The van der Waals surface area contributed by atoms with E-state index in [1.54, 1.807) is 6.33 Å². The van der Waals surface area contributed by atoms with E-state index in [1.807, 2.05) is 28.5 Å². The normalized spacial score (nSPS) is 14.9. The van der Waals surface area contributed by atoms with Crippen LogP contribution in [0, 0.1) is 0 Å². The van der Waals surface area contributed by atoms with Crippen LogP contribution in [-0.4, -0.2) is 30.6 Å². The second kappa shape index (κ2) is 4.96. The number of para-hydroxylation sites is 1. The number of hydrogen-bond donors (Lipinski definition) is 1. The van der Waals surface area contributed by atoms with Crippen molar-refractivity contribution < 1.29 is 0 Å². The molecular weight excluding hydrogens is 264 g/mol. The van der Waals surface area contributed by atoms with Gasteiger partial charge in [0.1, 0.15) is 6.33 Å². The summed E-state index contributed by atoms with van der Waals surface area (Å²) in [5.41, 5.74) is 2.17. The molecule has 3 aromatic rings. The van der Waals surface area contributed by atoms with Crippen LogP contribution in [0.4, 0.5) is 0 Å². The van der Waals surface area contributed by atoms with Crippen LogP contribution < -0.4 is 5.32 Å². The minimum Gasteiger partial charge on any atom is -0.307 e. The first-order valence-corrected chi connectivity index (χ1v) is 7.32. The molecule has 0 saturated heterocycles. The highest BCUT2D eigenvalue weighted by molar-refractivity contribution is 5.81. The first-order valence-electron chi connectivity index (χ1n) is 7.32. The monoisotopic (exact) mass is 282 g/mol. The van der Waals surface area contributed by atoms with Crippen LogP contribution in [0.1, 0.15) is 24.4 Å². The van der Waals surface area contributed by atoms with Gasteiger partial charge in [0.25, 0.3) is 0 Å². The van der Waals surface area contributed by atoms with Gasteiger partial charge in [0, 0.05) is 18.5 Å². The van der Waals surface area contributed by atoms with Crippen LogP contribution in [0.2, 0.25) is 0 Å². The Hall–Kier alpha value is -2.21. The Labute approximate surface area is 122 Å². The van der Waals surface area contributed by atoms with Gasteiger partial charge in [0.2, 0.25) is 0 Å². The summed E-state index contributed by atoms with van der Waals surface area (Å²) in [6.45, 7) is 1.40. The van der Waals surface area contributed by atoms with Gasteiger partial charge in [-0.15, -0.1) is 0 Å². The van der Waals surface area contributed by atoms with Crippen LogP contribution in [-0.2, 0) is 20.1 Å². The SMILES string of the molecule is Cn1nc(Cn2cnc(CNC3CC3)n2)c2ccccc21. The smallest absolute Gasteiger partial charge is 0.164 e. The minimum absolute atomic E-state index is 0.651. The van der Waals surface area contributed by atoms with Crippen molar-refractivity contribution in [2.75, 3.05) is 0 Å². The van der Waals surface area contributed by atoms with Crippen molar-refractivity contribution in [2.45, 2.75) is 32.0 Å². The minimum atomic E-state index is 0.651. The summed E-state index contributed by atoms with van der Waals surface area (Å²) >= 11 is 0. The van der Waals surface area contributed by atoms with Gasteiger partial charge < -0.3 is 5.32 Å². The van der Waals surface area contributed by atoms with Crippen molar-refractivity contribution in [1.82, 2.24) is 29.9 Å². The Bertz CT molecular complexity index is 767. The zero-order chi connectivity index (χ0) is 14.2. The maximum atomic E-state index is 4.59. The largest absolute Gasteiger partial charge is 0.307 e. The standard InChI is InChI=1S/C15H18N6/c1-20-14-5-3-2-4-12(14)13(18-20)9-21-10-17-15(19-21)8-16-11-6-7-11/h2-5,10-11,16H,6-9H2,1H3. The molecule has 1 N–H and O–H groups in total. The average molecular weight is 282 g/mol. The predicted molar refractivity (Wildman–Crippen MR) is 79.7 cm³/mol. The maximum absolute atomic E-state index is 4.59. The Kier molecular flexibility index (Phi) is 2.96. The van der Waals surface area contributed by atoms with E-state index in [1.165, 1.54) is 18.2 Å². The maximum Gasteiger partial charge on any atom is 0.164 e. The number of aromatic nitrogens is 5. The van der Waals surface area contributed by atoms with Gasteiger partial charge in [0.05, 0.1) is 24.3 Å². The number of nitrogens with one attached hydrogen (secondary N) is 1. The van der Waals surface area contributed by atoms with Crippen molar-refractivity contribution in [3.05, 3.63) is 42.1 Å². The molecule has 0 aliphatic heterocycles. The lowest BCUT2D eigenvalue weighted by Gasteiger charge is -1.98. The molecule has 2 heterocycles. The number of hydrogen-bond acceptors (Lipinski definition) is 4. The molecule has 0 atom stereocenters. The summed E-state index contributed by atoms with van der Waals surface area (Å²) in [6.07, 6.45) is 4.34. The molecule has 21 heavy (non-hydrogen) atoms. The third-order valence-electron chi connectivity index (χ3n) is 3.86. The number of nitrogens with zero attached hydrogens (tertiary/aromatic N) is 5. The zero-order valence-corrected chi connectivity index (χ0v) is 12.0. The second-order valence-electron chi connectivity index (χ2n) is 5.60. The number of fused-ring (bicyclic) bond motifs is 1. The van der Waals surface area contributed by atoms with E-state index < -0.39 is 0 Å². The molecule has 108 valence electrons. The molecule has 0 unspecified atom stereocenters. The first-order chi connectivity index (χ1) is 10.3. The molecule has 0 amide bonds. The van der Waals surface area contributed by atoms with Crippen LogP contribution in [0.25, 0.3) is 10.9 Å². The average Bonchev–Trinajstić information content (AvgIpc) is 3.15. The highest BCUT2D eigenvalue weighted by Crippen LogP contribution is 2.19. The Morgan fingerprint density at radius 3 is 2.95 bits per heavy atom. The summed E-state index contributed by atoms with van der Waals surface area (Å²) in [6, 6.07) is 8.93. The molecule has 4 rings (SSSR count). The summed E-state index contributed by atoms with van der Waals surface area (Å²) in [7, 11) is 1.97. The van der Waals surface area contributed by atoms with Gasteiger partial charge in [-0.1, -0.05) is 18.2 Å². The van der Waals surface area contributed by atoms with E-state index in [2.05, 4.69) is 32.6 Å². The van der Waals surface area contributed by atoms with Gasteiger partial charge in [-0.3, -0.25) is 4.68 Å². The molecule has 0 radical (unpaired) electrons. The fourth-order valence-electron chi connectivity index (χ4n) is 2.57. The van der Waals surface area contributed by atoms with Gasteiger partial charge >= 0.3 is 0 Å². The summed E-state index contributed by atoms with van der Waals surface area (Å²) in [4.78, 5) is 4.35. The number of benzene rings is 1. The highest BCUT2D eigenvalue weighted by Gasteiger charge is 2.20. The molecule has 1 aliphatic rings. The Balaban J connectivity index is 1.54. The number of aryl methyl sites for hydroxylation is 1. The topological polar surface area (TPSA) is 60.6 Å². The molecule has 0 bridgehead atoms. The van der Waals surface area contributed by atoms with Crippen LogP contribution >= 0.6 is 0 Å². The van der Waals surface area contributed by atoms with Gasteiger partial charge in [-0.25, -0.2) is 9.67 Å². The molecule has 1 aliphatic carbocycles. The lowest BCUT2D eigenvalue weighted by Crippen LogP contribution is -2.16. The summed E-state index contributed by atoms with van der Waals surface area (Å²) < 4.78 is 3.77. The molecule has 2 aromatic heterocycles. The van der Waals surface area contributed by atoms with Crippen molar-refractivity contribution >= 4 is 10.9 Å². The molecule has 1 aromatic carbocycles. The first kappa shape index (κ1) is 12.5. The fraction of sp³-hybridized carbons (Fsp3) is 0.400. The molecule has 1 fully saturated rings. The van der Waals surface area contributed by atoms with Crippen LogP contribution in [0.5, 0.6) is 0 Å². The molecule has 6 heteroatoms. The van der Waals surface area contributed by atoms with Gasteiger partial charge in [-0.05, 0) is 18.9 Å². The van der Waals surface area contributed by atoms with E-state index in [0.717, 1.165) is 23.6 Å². The van der Waals surface area contributed by atoms with E-state index in [4.69, 9.17) is 0 Å². The van der Waals surface area contributed by atoms with Crippen molar-refractivity contribution in [1.29, 1.82) is 0 Å². The highest BCUT2D eigenvalue weighted by atomic mass is 15.3. The zero-order valence-electron chi connectivity index (χ0n) is 12.0. The lowest BCUT2D eigenvalue weighted by atomic mass is 10.2. The predicted octanol–water partition coefficient (Wildman–Crippen LogP) is 1.47. The van der Waals surface area contributed by atoms with E-state index in [-0.39, 0.29) is 0 Å². The third-order valence-corrected chi connectivity index (χ3v) is 3.86. The van der Waals surface area contributed by atoms with E-state index in [9.17, 15) is 0 Å². The van der Waals surface area contributed by atoms with E-state index >= 15 is 0 Å². The molecule has 6 nitrogen and oxygen atoms in total. The quantitative estimate of drug-likeness (QED) is 0.770. The van der Waals surface area contributed by atoms with Crippen molar-refractivity contribution in [3.8, 4) is 0 Å². The van der Waals surface area contributed by atoms with Crippen molar-refractivity contribution in [3.63, 3.8) is 0 Å². The number of rotatable bonds is 5. The lowest BCUT2D eigenvalue weighted by molar-refractivity contribution is 0.618. The third kappa shape index (κ3) is 2.54. The van der Waals surface area contributed by atoms with E-state index in [0.29, 0.717) is 12.6 Å². The molecular formula is C15H18N6. The Morgan fingerprint density at radius 1 is 1.24 bits per heavy atom. The summed E-state index contributed by atoms with van der Waals surface area (Å²) in [5, 5.41) is 13.7. The van der Waals surface area contributed by atoms with Crippen LogP contribution in [0.15, 0.2) is 30.6 Å². The van der Waals surface area contributed by atoms with Crippen molar-refractivity contribution in [2.24, 2.45) is 7.05 Å². The summed E-state index contributed by atoms with van der Waals surface area (Å²) in [5.74, 6) is 0.849. The molecule has 1 saturated carbocycles. The molecule has 0 spiro atoms. The fourth-order valence-corrected chi connectivity index (χ4v) is 2.57.